The van der Waals surface area contributed by atoms with E-state index in [9.17, 15) is 8.42 Å². The molecule has 0 heterocycles. The molecule has 1 saturated carbocycles. The first-order valence-electron chi connectivity index (χ1n) is 5.46. The molecule has 1 aliphatic rings. The van der Waals surface area contributed by atoms with Gasteiger partial charge in [-0.25, -0.2) is 8.42 Å². The standard InChI is InChI=1S/C10H19ClO2S/c1-2-3-4-5-6-7-10(8-9-10)14(11,12)13/h2-9H2,1H3. The summed E-state index contributed by atoms with van der Waals surface area (Å²) < 4.78 is 21.9. The highest BCUT2D eigenvalue weighted by molar-refractivity contribution is 8.15. The first-order valence-corrected chi connectivity index (χ1v) is 7.77. The molecule has 0 amide bonds. The van der Waals surface area contributed by atoms with Crippen molar-refractivity contribution in [2.45, 2.75) is 63.0 Å². The molecule has 0 aromatic carbocycles. The first kappa shape index (κ1) is 12.3. The molecule has 84 valence electrons. The molecule has 1 aliphatic carbocycles. The van der Waals surface area contributed by atoms with Gasteiger partial charge in [-0.3, -0.25) is 0 Å². The topological polar surface area (TPSA) is 34.1 Å². The van der Waals surface area contributed by atoms with E-state index < -0.39 is 13.8 Å². The SMILES string of the molecule is CCCCCCCC1(S(=O)(=O)Cl)CC1. The van der Waals surface area contributed by atoms with Gasteiger partial charge in [0.15, 0.2) is 0 Å². The van der Waals surface area contributed by atoms with E-state index in [0.29, 0.717) is 0 Å². The number of unbranched alkanes of at least 4 members (excludes halogenated alkanes) is 4. The summed E-state index contributed by atoms with van der Waals surface area (Å²) in [6, 6.07) is 0. The normalized spacial score (nSPS) is 19.6. The van der Waals surface area contributed by atoms with E-state index in [1.54, 1.807) is 0 Å². The summed E-state index contributed by atoms with van der Waals surface area (Å²) in [6.45, 7) is 2.17. The Kier molecular flexibility index (Phi) is 4.26. The Bertz CT molecular complexity index is 268. The van der Waals surface area contributed by atoms with Crippen LogP contribution in [0.1, 0.15) is 58.3 Å². The first-order chi connectivity index (χ1) is 6.52. The fourth-order valence-electron chi connectivity index (χ4n) is 1.81. The van der Waals surface area contributed by atoms with Gasteiger partial charge in [-0.2, -0.15) is 0 Å². The van der Waals surface area contributed by atoms with Crippen molar-refractivity contribution < 1.29 is 8.42 Å². The average Bonchev–Trinajstić information content (AvgIpc) is 2.84. The summed E-state index contributed by atoms with van der Waals surface area (Å²) in [5, 5.41) is 0. The minimum atomic E-state index is -3.31. The Morgan fingerprint density at radius 3 is 2.14 bits per heavy atom. The van der Waals surface area contributed by atoms with Crippen LogP contribution in [0.2, 0.25) is 0 Å². The second-order valence-electron chi connectivity index (χ2n) is 4.29. The highest BCUT2D eigenvalue weighted by Gasteiger charge is 2.52. The second-order valence-corrected chi connectivity index (χ2v) is 7.25. The van der Waals surface area contributed by atoms with E-state index in [1.807, 2.05) is 0 Å². The molecule has 0 bridgehead atoms. The van der Waals surface area contributed by atoms with Gasteiger partial charge in [-0.1, -0.05) is 39.0 Å². The smallest absolute Gasteiger partial charge is 0.212 e. The zero-order valence-electron chi connectivity index (χ0n) is 8.76. The van der Waals surface area contributed by atoms with Crippen LogP contribution in [0.25, 0.3) is 0 Å². The lowest BCUT2D eigenvalue weighted by molar-refractivity contribution is 0.555. The lowest BCUT2D eigenvalue weighted by atomic mass is 10.1. The maximum Gasteiger partial charge on any atom is 0.238 e. The molecule has 0 radical (unpaired) electrons. The molecular weight excluding hydrogens is 220 g/mol. The quantitative estimate of drug-likeness (QED) is 0.503. The lowest BCUT2D eigenvalue weighted by Gasteiger charge is -2.10. The van der Waals surface area contributed by atoms with Crippen molar-refractivity contribution in [1.29, 1.82) is 0 Å². The van der Waals surface area contributed by atoms with Gasteiger partial charge in [0.1, 0.15) is 0 Å². The molecule has 2 nitrogen and oxygen atoms in total. The van der Waals surface area contributed by atoms with Gasteiger partial charge in [-0.05, 0) is 19.3 Å². The summed E-state index contributed by atoms with van der Waals surface area (Å²) in [6.07, 6.45) is 8.14. The highest BCUT2D eigenvalue weighted by Crippen LogP contribution is 2.49. The number of hydrogen-bond donors (Lipinski definition) is 0. The third-order valence-corrected chi connectivity index (χ3v) is 5.69. The molecule has 0 atom stereocenters. The lowest BCUT2D eigenvalue weighted by Crippen LogP contribution is -2.17. The summed E-state index contributed by atoms with van der Waals surface area (Å²) in [5.41, 5.74) is 0. The summed E-state index contributed by atoms with van der Waals surface area (Å²) in [5.74, 6) is 0. The van der Waals surface area contributed by atoms with Crippen molar-refractivity contribution in [3.63, 3.8) is 0 Å². The highest BCUT2D eigenvalue weighted by atomic mass is 35.7. The van der Waals surface area contributed by atoms with Gasteiger partial charge in [0.25, 0.3) is 0 Å². The van der Waals surface area contributed by atoms with E-state index in [-0.39, 0.29) is 0 Å². The molecule has 14 heavy (non-hydrogen) atoms. The van der Waals surface area contributed by atoms with Crippen molar-refractivity contribution in [3.8, 4) is 0 Å². The molecule has 0 N–H and O–H groups in total. The van der Waals surface area contributed by atoms with Gasteiger partial charge in [0, 0.05) is 10.7 Å². The molecule has 0 spiro atoms. The molecule has 1 fully saturated rings. The summed E-state index contributed by atoms with van der Waals surface area (Å²) in [4.78, 5) is 0. The fraction of sp³-hybridized carbons (Fsp3) is 1.00. The van der Waals surface area contributed by atoms with Gasteiger partial charge >= 0.3 is 0 Å². The van der Waals surface area contributed by atoms with Gasteiger partial charge in [0.05, 0.1) is 4.75 Å². The third-order valence-electron chi connectivity index (χ3n) is 3.06. The maximum absolute atomic E-state index is 11.2. The minimum Gasteiger partial charge on any atom is -0.212 e. The van der Waals surface area contributed by atoms with Crippen LogP contribution in [0, 0.1) is 0 Å². The van der Waals surface area contributed by atoms with E-state index in [1.165, 1.54) is 19.3 Å². The van der Waals surface area contributed by atoms with Crippen molar-refractivity contribution in [3.05, 3.63) is 0 Å². The van der Waals surface area contributed by atoms with Crippen LogP contribution in [0.15, 0.2) is 0 Å². The van der Waals surface area contributed by atoms with Crippen LogP contribution in [0.4, 0.5) is 0 Å². The molecule has 0 aliphatic heterocycles. The van der Waals surface area contributed by atoms with E-state index in [0.717, 1.165) is 32.1 Å². The molecule has 4 heteroatoms. The van der Waals surface area contributed by atoms with Gasteiger partial charge < -0.3 is 0 Å². The Morgan fingerprint density at radius 2 is 1.71 bits per heavy atom. The molecule has 1 rings (SSSR count). The second kappa shape index (κ2) is 4.84. The van der Waals surface area contributed by atoms with Crippen LogP contribution in [-0.4, -0.2) is 13.2 Å². The third kappa shape index (κ3) is 3.13. The number of hydrogen-bond acceptors (Lipinski definition) is 2. The predicted molar refractivity (Wildman–Crippen MR) is 60.1 cm³/mol. The van der Waals surface area contributed by atoms with E-state index in [4.69, 9.17) is 10.7 Å². The Labute approximate surface area is 91.5 Å². The van der Waals surface area contributed by atoms with Crippen molar-refractivity contribution in [1.82, 2.24) is 0 Å². The average molecular weight is 239 g/mol. The summed E-state index contributed by atoms with van der Waals surface area (Å²) >= 11 is 0. The Hall–Kier alpha value is 0.240. The zero-order valence-corrected chi connectivity index (χ0v) is 10.3. The monoisotopic (exact) mass is 238 g/mol. The summed E-state index contributed by atoms with van der Waals surface area (Å²) in [7, 11) is 2.09. The minimum absolute atomic E-state index is 0.527. The molecular formula is C10H19ClO2S. The maximum atomic E-state index is 11.2. The molecule has 0 aromatic heterocycles. The fourth-order valence-corrected chi connectivity index (χ4v) is 3.48. The Balaban J connectivity index is 2.19. The van der Waals surface area contributed by atoms with E-state index in [2.05, 4.69) is 6.92 Å². The molecule has 0 aromatic rings. The van der Waals surface area contributed by atoms with Crippen LogP contribution in [-0.2, 0) is 9.05 Å². The van der Waals surface area contributed by atoms with Crippen LogP contribution >= 0.6 is 10.7 Å². The van der Waals surface area contributed by atoms with Crippen molar-refractivity contribution in [2.75, 3.05) is 0 Å². The van der Waals surface area contributed by atoms with E-state index >= 15 is 0 Å². The van der Waals surface area contributed by atoms with Crippen molar-refractivity contribution in [2.24, 2.45) is 0 Å². The zero-order chi connectivity index (χ0) is 10.7. The van der Waals surface area contributed by atoms with Crippen molar-refractivity contribution >= 4 is 19.7 Å². The number of halogens is 1. The van der Waals surface area contributed by atoms with Gasteiger partial charge in [-0.15, -0.1) is 0 Å². The van der Waals surface area contributed by atoms with Crippen LogP contribution in [0.5, 0.6) is 0 Å². The molecule has 0 saturated heterocycles. The van der Waals surface area contributed by atoms with Crippen LogP contribution in [0.3, 0.4) is 0 Å². The predicted octanol–water partition coefficient (Wildman–Crippen LogP) is 3.45. The number of rotatable bonds is 7. The Morgan fingerprint density at radius 1 is 1.14 bits per heavy atom. The van der Waals surface area contributed by atoms with Gasteiger partial charge in [0.2, 0.25) is 9.05 Å². The largest absolute Gasteiger partial charge is 0.238 e. The molecule has 0 unspecified atom stereocenters. The van der Waals surface area contributed by atoms with Crippen LogP contribution < -0.4 is 0 Å².